The van der Waals surface area contributed by atoms with Crippen LogP contribution in [0.2, 0.25) is 5.02 Å². The minimum absolute atomic E-state index is 0. The number of rotatable bonds is 14. The Labute approximate surface area is 421 Å². The zero-order valence-electron chi connectivity index (χ0n) is 40.9. The fraction of sp³-hybridized carbons (Fsp3) is 0.462. The molecule has 2 saturated heterocycles. The summed E-state index contributed by atoms with van der Waals surface area (Å²) in [7, 11) is 6.03. The number of aromatic hydroxyl groups is 1. The molecule has 3 aromatic carbocycles. The number of nitrogens with zero attached hydrogens (tertiary/aromatic N) is 3. The molecular formula is C52H69Cl2N3O13. The predicted molar refractivity (Wildman–Crippen MR) is 268 cm³/mol. The third-order valence-corrected chi connectivity index (χ3v) is 12.9. The number of phenolic OH excluding ortho intramolecular Hbond substituents is 1. The Hall–Kier alpha value is -5.78. The van der Waals surface area contributed by atoms with Gasteiger partial charge in [0.2, 0.25) is 5.78 Å². The number of hydrogen-bond acceptors (Lipinski definition) is 11. The average molecular weight is 1020 g/mol. The minimum atomic E-state index is -2.74. The van der Waals surface area contributed by atoms with E-state index in [2.05, 4.69) is 49.0 Å². The molecule has 384 valence electrons. The van der Waals surface area contributed by atoms with Crippen LogP contribution in [0, 0.1) is 6.92 Å². The number of aliphatic carboxylic acids is 4. The molecule has 4 aromatic rings. The number of likely N-dealkylation sites (tertiary alicyclic amines) is 2. The molecule has 1 aromatic heterocycles. The normalized spacial score (nSPS) is 18.2. The number of likely N-dealkylation sites (N-methyl/N-ethyl adjacent to an activating group) is 1. The quantitative estimate of drug-likeness (QED) is 0.0522. The molecule has 3 heterocycles. The van der Waals surface area contributed by atoms with E-state index in [0.717, 1.165) is 56.4 Å². The van der Waals surface area contributed by atoms with Gasteiger partial charge in [0.15, 0.2) is 5.60 Å². The molecule has 2 unspecified atom stereocenters. The summed E-state index contributed by atoms with van der Waals surface area (Å²) in [5, 5.41) is 52.9. The van der Waals surface area contributed by atoms with E-state index in [0.29, 0.717) is 34.3 Å². The van der Waals surface area contributed by atoms with Gasteiger partial charge in [-0.3, -0.25) is 24.0 Å². The molecule has 2 fully saturated rings. The van der Waals surface area contributed by atoms with E-state index < -0.39 is 47.7 Å². The lowest BCUT2D eigenvalue weighted by molar-refractivity contribution is -0.170. The Morgan fingerprint density at radius 1 is 0.714 bits per heavy atom. The van der Waals surface area contributed by atoms with Crippen molar-refractivity contribution in [2.24, 2.45) is 7.05 Å². The van der Waals surface area contributed by atoms with Gasteiger partial charge in [-0.25, -0.2) is 4.79 Å². The van der Waals surface area contributed by atoms with E-state index in [9.17, 15) is 33.9 Å². The maximum atomic E-state index is 12.5. The number of ether oxygens (including phenoxy) is 1. The molecular weight excluding hydrogens is 945 g/mol. The third-order valence-electron chi connectivity index (χ3n) is 12.7. The van der Waals surface area contributed by atoms with Gasteiger partial charge in [-0.15, -0.1) is 12.4 Å². The molecule has 6 rings (SSSR count). The van der Waals surface area contributed by atoms with Crippen LogP contribution in [0.1, 0.15) is 110 Å². The summed E-state index contributed by atoms with van der Waals surface area (Å²) in [5.41, 5.74) is 1.83. The van der Waals surface area contributed by atoms with E-state index in [1.54, 1.807) is 54.9 Å². The molecule has 2 aliphatic rings. The molecule has 6 N–H and O–H groups in total. The number of benzene rings is 3. The summed E-state index contributed by atoms with van der Waals surface area (Å²) in [6.45, 7) is 10.7. The van der Waals surface area contributed by atoms with Crippen LogP contribution in [0.15, 0.2) is 84.9 Å². The Morgan fingerprint density at radius 2 is 1.31 bits per heavy atom. The van der Waals surface area contributed by atoms with Gasteiger partial charge in [0.1, 0.15) is 5.75 Å². The Kier molecular flexibility index (Phi) is 24.3. The highest BCUT2D eigenvalue weighted by Crippen LogP contribution is 2.38. The Bertz CT molecular complexity index is 2340. The number of carbonyl (C=O) groups is 6. The first-order chi connectivity index (χ1) is 32.5. The maximum Gasteiger partial charge on any atom is 0.336 e. The molecule has 2 atom stereocenters. The van der Waals surface area contributed by atoms with Crippen LogP contribution >= 0.6 is 24.0 Å². The van der Waals surface area contributed by atoms with E-state index in [1.165, 1.54) is 31.4 Å². The van der Waals surface area contributed by atoms with Crippen LogP contribution in [0.5, 0.6) is 5.75 Å². The highest BCUT2D eigenvalue weighted by Gasteiger charge is 2.43. The minimum Gasteiger partial charge on any atom is -0.508 e. The molecule has 0 radical (unpaired) electrons. The van der Waals surface area contributed by atoms with E-state index in [1.807, 2.05) is 37.3 Å². The van der Waals surface area contributed by atoms with Crippen molar-refractivity contribution < 1.29 is 64.1 Å². The molecule has 18 heteroatoms. The highest BCUT2D eigenvalue weighted by atomic mass is 35.5. The molecule has 70 heavy (non-hydrogen) atoms. The van der Waals surface area contributed by atoms with Gasteiger partial charge in [-0.05, 0) is 145 Å². The molecule has 0 aliphatic carbocycles. The number of esters is 1. The van der Waals surface area contributed by atoms with Crippen LogP contribution < -0.4 is 0 Å². The number of hydrogen-bond donors (Lipinski definition) is 6. The first-order valence-corrected chi connectivity index (χ1v) is 23.4. The molecule has 0 bridgehead atoms. The van der Waals surface area contributed by atoms with Gasteiger partial charge >= 0.3 is 29.8 Å². The largest absolute Gasteiger partial charge is 0.508 e. The third kappa shape index (κ3) is 17.3. The predicted octanol–water partition coefficient (Wildman–Crippen LogP) is 7.78. The average Bonchev–Trinajstić information content (AvgIpc) is 3.43. The molecule has 0 saturated carbocycles. The number of carboxylic acids is 4. The summed E-state index contributed by atoms with van der Waals surface area (Å²) in [6, 6.07) is 26.3. The van der Waals surface area contributed by atoms with Crippen LogP contribution in [-0.4, -0.2) is 133 Å². The first-order valence-electron chi connectivity index (χ1n) is 23.0. The lowest BCUT2D eigenvalue weighted by Crippen LogP contribution is -2.42. The van der Waals surface area contributed by atoms with Crippen molar-refractivity contribution in [2.45, 2.75) is 101 Å². The van der Waals surface area contributed by atoms with E-state index >= 15 is 0 Å². The Balaban J connectivity index is 0.000000322. The second kappa shape index (κ2) is 28.2. The fourth-order valence-corrected chi connectivity index (χ4v) is 9.05. The van der Waals surface area contributed by atoms with Gasteiger partial charge in [-0.2, -0.15) is 0 Å². The molecule has 16 nitrogen and oxygen atoms in total. The highest BCUT2D eigenvalue weighted by molar-refractivity contribution is 6.30. The number of halogens is 2. The summed E-state index contributed by atoms with van der Waals surface area (Å²) >= 11 is 5.80. The van der Waals surface area contributed by atoms with E-state index in [-0.39, 0.29) is 36.0 Å². The zero-order chi connectivity index (χ0) is 51.5. The summed E-state index contributed by atoms with van der Waals surface area (Å²) in [6.07, 6.45) is 5.30. The Morgan fingerprint density at radius 3 is 1.86 bits per heavy atom. The topological polar surface area (TPSA) is 244 Å². The number of ketones is 1. The lowest BCUT2D eigenvalue weighted by Gasteiger charge is -2.35. The van der Waals surface area contributed by atoms with Crippen molar-refractivity contribution in [1.29, 1.82) is 0 Å². The number of phenols is 1. The van der Waals surface area contributed by atoms with Crippen molar-refractivity contribution in [2.75, 3.05) is 46.9 Å². The van der Waals surface area contributed by atoms with Crippen LogP contribution in [0.3, 0.4) is 0 Å². The van der Waals surface area contributed by atoms with Crippen LogP contribution in [0.4, 0.5) is 0 Å². The van der Waals surface area contributed by atoms with Gasteiger partial charge in [0.25, 0.3) is 0 Å². The van der Waals surface area contributed by atoms with Crippen molar-refractivity contribution in [1.82, 2.24) is 14.4 Å². The molecule has 0 spiro atoms. The standard InChI is InChI=1S/C16H23NO2.C15H14ClNO3.C15H23NO.C6H8O7.ClH/c1-3-19-15(18)16(14-8-5-4-6-9-14)10-7-12-17(2)13-11-16;1-9-7-12(8-13(18)19)17(2)14(9)15(20)10-3-5-11(16)6-4-10;1-3-15(9-4-5-10-16(2)12-15)13-7-6-8-14(17)11-13;7-3(8)1-6(13,5(11)12)2-4(9)10;/h4-6,8-9H,3,7,10-13H2,1-2H3;3-7H,8H2,1-2H3,(H,18,19);6-8,11,17H,3-5,9-10,12H2,1-2H3;13H,1-2H2,(H,7,8)(H,9,10)(H,11,12);1H. The summed E-state index contributed by atoms with van der Waals surface area (Å²) in [5.74, 6) is -5.75. The van der Waals surface area contributed by atoms with Crippen molar-refractivity contribution in [3.8, 4) is 5.75 Å². The second-order valence-corrected chi connectivity index (χ2v) is 18.3. The maximum absolute atomic E-state index is 12.5. The van der Waals surface area contributed by atoms with Crippen molar-refractivity contribution in [3.05, 3.63) is 124 Å². The number of aliphatic hydroxyl groups is 1. The fourth-order valence-electron chi connectivity index (χ4n) is 8.92. The number of carboxylic acid groups (broad SMARTS) is 4. The SMILES string of the molecule is CCC1(c2cccc(O)c2)CCCCN(C)C1.CCOC(=O)C1(c2ccccc2)CCCN(C)CC1.Cc1cc(CC(=O)O)n(C)c1C(=O)c1ccc(Cl)cc1.Cl.O=C(O)CC(O)(CC(=O)O)C(=O)O. The zero-order valence-corrected chi connectivity index (χ0v) is 42.4. The van der Waals surface area contributed by atoms with Gasteiger partial charge < -0.3 is 49.7 Å². The number of aromatic nitrogens is 1. The van der Waals surface area contributed by atoms with Crippen LogP contribution in [0.25, 0.3) is 0 Å². The van der Waals surface area contributed by atoms with Gasteiger partial charge in [-0.1, -0.05) is 67.4 Å². The van der Waals surface area contributed by atoms with Crippen molar-refractivity contribution in [3.63, 3.8) is 0 Å². The number of carbonyl (C=O) groups excluding carboxylic acids is 2. The molecule has 2 aliphatic heterocycles. The van der Waals surface area contributed by atoms with Gasteiger partial charge in [0.05, 0.1) is 37.0 Å². The number of aryl methyl sites for hydroxylation is 1. The monoisotopic (exact) mass is 1010 g/mol. The van der Waals surface area contributed by atoms with Gasteiger partial charge in [0, 0.05) is 35.3 Å². The molecule has 0 amide bonds. The van der Waals surface area contributed by atoms with Crippen molar-refractivity contribution >= 4 is 59.6 Å². The summed E-state index contributed by atoms with van der Waals surface area (Å²) < 4.78 is 7.01. The van der Waals surface area contributed by atoms with Crippen LogP contribution in [-0.2, 0) is 53.0 Å². The lowest BCUT2D eigenvalue weighted by atomic mass is 9.74. The summed E-state index contributed by atoms with van der Waals surface area (Å²) in [4.78, 5) is 71.0. The smallest absolute Gasteiger partial charge is 0.336 e. The first kappa shape index (κ1) is 60.3. The van der Waals surface area contributed by atoms with E-state index in [4.69, 9.17) is 41.9 Å². The second-order valence-electron chi connectivity index (χ2n) is 17.8.